The summed E-state index contributed by atoms with van der Waals surface area (Å²) < 4.78 is 56.2. The van der Waals surface area contributed by atoms with Gasteiger partial charge in [-0.1, -0.05) is 24.3 Å². The zero-order valence-electron chi connectivity index (χ0n) is 27.0. The minimum absolute atomic E-state index is 0.237. The van der Waals surface area contributed by atoms with Gasteiger partial charge < -0.3 is 47.4 Å². The molecule has 2 aliphatic heterocycles. The van der Waals surface area contributed by atoms with Crippen LogP contribution in [0.4, 0.5) is 0 Å². The molecule has 4 rings (SSSR count). The van der Waals surface area contributed by atoms with Gasteiger partial charge in [0.1, 0.15) is 11.5 Å². The molecule has 0 radical (unpaired) electrons. The molecule has 2 fully saturated rings. The quantitative estimate of drug-likeness (QED) is 0.261. The monoisotopic (exact) mass is 676 g/mol. The Morgan fingerprint density at radius 3 is 1.10 bits per heavy atom. The molecule has 2 aromatic carbocycles. The smallest absolute Gasteiger partial charge is 0.303 e. The van der Waals surface area contributed by atoms with Crippen LogP contribution in [0.2, 0.25) is 0 Å². The van der Waals surface area contributed by atoms with E-state index in [4.69, 9.17) is 47.4 Å². The lowest BCUT2D eigenvalue weighted by molar-refractivity contribution is -0.260. The molecule has 16 heteroatoms. The number of carbonyl (C=O) groups excluding carboxylic acids is 6. The topological polar surface area (TPSA) is 195 Å². The summed E-state index contributed by atoms with van der Waals surface area (Å²) in [5, 5.41) is 0.973. The maximum absolute atomic E-state index is 12.1. The number of benzene rings is 2. The number of hydrogen-bond acceptors (Lipinski definition) is 16. The molecule has 48 heavy (non-hydrogen) atoms. The van der Waals surface area contributed by atoms with Crippen LogP contribution in [0, 0.1) is 0 Å². The molecule has 2 aromatic rings. The Morgan fingerprint density at radius 1 is 0.479 bits per heavy atom. The van der Waals surface area contributed by atoms with Crippen LogP contribution in [-0.4, -0.2) is 98.2 Å². The van der Waals surface area contributed by atoms with Crippen LogP contribution in [0.5, 0.6) is 11.5 Å². The van der Waals surface area contributed by atoms with Crippen LogP contribution in [0.15, 0.2) is 36.4 Å². The second kappa shape index (κ2) is 15.8. The summed E-state index contributed by atoms with van der Waals surface area (Å²) in [7, 11) is 0. The van der Waals surface area contributed by atoms with E-state index in [9.17, 15) is 28.8 Å². The molecular formula is C32H36O16. The summed E-state index contributed by atoms with van der Waals surface area (Å²) in [4.78, 5) is 71.5. The highest BCUT2D eigenvalue weighted by Crippen LogP contribution is 2.37. The third kappa shape index (κ3) is 9.10. The first kappa shape index (κ1) is 35.9. The first-order valence-corrected chi connectivity index (χ1v) is 14.8. The van der Waals surface area contributed by atoms with E-state index >= 15 is 0 Å². The SMILES string of the molecule is CC(=O)O[C@@H]1[C@@H](OC(C)=O)[C@H](Oc2ccc(O[C@@H]3OC[C@@H](OC(C)=O)[C@H](OC(C)=O)[C@H]3OC(C)=O)c3ccccc23)OC[C@H]1OC(C)=O. The average Bonchev–Trinajstić information content (AvgIpc) is 2.98. The van der Waals surface area contributed by atoms with Gasteiger partial charge in [-0.3, -0.25) is 28.8 Å². The van der Waals surface area contributed by atoms with Crippen molar-refractivity contribution in [1.82, 2.24) is 0 Å². The van der Waals surface area contributed by atoms with Crippen molar-refractivity contribution in [1.29, 1.82) is 0 Å². The van der Waals surface area contributed by atoms with Gasteiger partial charge in [0.15, 0.2) is 24.4 Å². The van der Waals surface area contributed by atoms with Crippen molar-refractivity contribution >= 4 is 46.6 Å². The van der Waals surface area contributed by atoms with Crippen LogP contribution in [0.1, 0.15) is 41.5 Å². The molecule has 2 aliphatic rings. The van der Waals surface area contributed by atoms with Gasteiger partial charge in [0.25, 0.3) is 0 Å². The van der Waals surface area contributed by atoms with Crippen molar-refractivity contribution in [2.75, 3.05) is 13.2 Å². The van der Waals surface area contributed by atoms with Crippen molar-refractivity contribution in [3.8, 4) is 11.5 Å². The predicted octanol–water partition coefficient (Wildman–Crippen LogP) is 1.90. The van der Waals surface area contributed by atoms with Crippen LogP contribution in [0.25, 0.3) is 10.8 Å². The molecule has 8 atom stereocenters. The van der Waals surface area contributed by atoms with E-state index in [1.165, 1.54) is 26.0 Å². The fourth-order valence-corrected chi connectivity index (χ4v) is 5.32. The van der Waals surface area contributed by atoms with Gasteiger partial charge in [-0.15, -0.1) is 0 Å². The summed E-state index contributed by atoms with van der Waals surface area (Å²) in [6.07, 6.45) is -9.93. The standard InChI is InChI=1S/C32H36O16/c1-15(33)41-25-13-39-31(29(45-19(5)37)27(25)43-17(3)35)47-23-11-12-24(22-10-8-7-9-21(22)23)48-32-30(46-20(6)38)28(44-18(4)36)26(14-40-32)42-16(2)34/h7-12,25-32H,13-14H2,1-6H3/t25-,26-,27+,28+,29-,30-,31+,32+/m1/s1. The van der Waals surface area contributed by atoms with E-state index in [-0.39, 0.29) is 24.7 Å². The number of fused-ring (bicyclic) bond motifs is 1. The van der Waals surface area contributed by atoms with Gasteiger partial charge >= 0.3 is 35.8 Å². The zero-order valence-corrected chi connectivity index (χ0v) is 27.0. The van der Waals surface area contributed by atoms with Crippen molar-refractivity contribution in [3.05, 3.63) is 36.4 Å². The van der Waals surface area contributed by atoms with E-state index in [1.807, 2.05) is 0 Å². The Hall–Kier alpha value is -4.96. The largest absolute Gasteiger partial charge is 0.460 e. The third-order valence-corrected chi connectivity index (χ3v) is 6.94. The maximum Gasteiger partial charge on any atom is 0.303 e. The lowest BCUT2D eigenvalue weighted by atomic mass is 10.0. The summed E-state index contributed by atoms with van der Waals surface area (Å²) in [6.45, 7) is 6.46. The molecule has 0 aliphatic carbocycles. The highest BCUT2D eigenvalue weighted by molar-refractivity contribution is 5.93. The molecule has 260 valence electrons. The van der Waals surface area contributed by atoms with Crippen molar-refractivity contribution in [2.24, 2.45) is 0 Å². The normalized spacial score (nSPS) is 26.7. The molecule has 0 saturated carbocycles. The van der Waals surface area contributed by atoms with Gasteiger partial charge in [-0.2, -0.15) is 0 Å². The number of ether oxygens (including phenoxy) is 10. The lowest BCUT2D eigenvalue weighted by Gasteiger charge is -2.40. The minimum atomic E-state index is -1.33. The Labute approximate surface area is 274 Å². The summed E-state index contributed by atoms with van der Waals surface area (Å²) in [6, 6.07) is 9.91. The molecule has 0 spiro atoms. The fraction of sp³-hybridized carbons (Fsp3) is 0.500. The second-order valence-electron chi connectivity index (χ2n) is 10.8. The van der Waals surface area contributed by atoms with Gasteiger partial charge in [-0.25, -0.2) is 0 Å². The van der Waals surface area contributed by atoms with E-state index < -0.39 is 85.0 Å². The van der Waals surface area contributed by atoms with Gasteiger partial charge in [0, 0.05) is 52.3 Å². The Morgan fingerprint density at radius 2 is 0.792 bits per heavy atom. The van der Waals surface area contributed by atoms with Crippen LogP contribution < -0.4 is 9.47 Å². The van der Waals surface area contributed by atoms with Crippen LogP contribution >= 0.6 is 0 Å². The molecule has 16 nitrogen and oxygen atoms in total. The molecule has 2 saturated heterocycles. The molecule has 0 bridgehead atoms. The van der Waals surface area contributed by atoms with Crippen molar-refractivity contribution in [2.45, 2.75) is 90.7 Å². The van der Waals surface area contributed by atoms with E-state index in [1.54, 1.807) is 24.3 Å². The zero-order chi connectivity index (χ0) is 35.1. The average molecular weight is 677 g/mol. The van der Waals surface area contributed by atoms with E-state index in [0.29, 0.717) is 10.8 Å². The maximum atomic E-state index is 12.1. The summed E-state index contributed by atoms with van der Waals surface area (Å²) >= 11 is 0. The summed E-state index contributed by atoms with van der Waals surface area (Å²) in [5.41, 5.74) is 0. The van der Waals surface area contributed by atoms with Crippen LogP contribution in [0.3, 0.4) is 0 Å². The van der Waals surface area contributed by atoms with Gasteiger partial charge in [0.2, 0.25) is 24.8 Å². The molecule has 0 aromatic heterocycles. The highest BCUT2D eigenvalue weighted by atomic mass is 16.7. The second-order valence-corrected chi connectivity index (χ2v) is 10.8. The number of rotatable bonds is 10. The Balaban J connectivity index is 1.66. The third-order valence-electron chi connectivity index (χ3n) is 6.94. The lowest BCUT2D eigenvalue weighted by Crippen LogP contribution is -2.59. The summed E-state index contributed by atoms with van der Waals surface area (Å²) in [5.74, 6) is -3.75. The van der Waals surface area contributed by atoms with E-state index in [0.717, 1.165) is 27.7 Å². The molecule has 0 N–H and O–H groups in total. The molecule has 0 amide bonds. The first-order chi connectivity index (χ1) is 22.7. The predicted molar refractivity (Wildman–Crippen MR) is 158 cm³/mol. The minimum Gasteiger partial charge on any atom is -0.460 e. The highest BCUT2D eigenvalue weighted by Gasteiger charge is 2.50. The van der Waals surface area contributed by atoms with Gasteiger partial charge in [-0.05, 0) is 12.1 Å². The first-order valence-electron chi connectivity index (χ1n) is 14.8. The Kier molecular flexibility index (Phi) is 11.8. The van der Waals surface area contributed by atoms with Crippen molar-refractivity contribution in [3.63, 3.8) is 0 Å². The Bertz CT molecular complexity index is 1420. The number of carbonyl (C=O) groups is 6. The van der Waals surface area contributed by atoms with Crippen LogP contribution in [-0.2, 0) is 66.7 Å². The van der Waals surface area contributed by atoms with E-state index in [2.05, 4.69) is 0 Å². The molecule has 2 heterocycles. The van der Waals surface area contributed by atoms with Crippen molar-refractivity contribution < 1.29 is 76.1 Å². The fourth-order valence-electron chi connectivity index (χ4n) is 5.32. The number of hydrogen-bond donors (Lipinski definition) is 0. The number of esters is 6. The molecular weight excluding hydrogens is 640 g/mol. The molecule has 0 unspecified atom stereocenters. The van der Waals surface area contributed by atoms with Gasteiger partial charge in [0.05, 0.1) is 13.2 Å².